The van der Waals surface area contributed by atoms with E-state index < -0.39 is 0 Å². The summed E-state index contributed by atoms with van der Waals surface area (Å²) < 4.78 is 0. The van der Waals surface area contributed by atoms with Crippen molar-refractivity contribution >= 4 is 43.1 Å². The Hall–Kier alpha value is -9.88. The average Bonchev–Trinajstić information content (AvgIpc) is 1.56. The van der Waals surface area contributed by atoms with Crippen molar-refractivity contribution in [2.75, 3.05) is 0 Å². The second-order valence-electron chi connectivity index (χ2n) is 32.5. The number of hydrogen-bond donors (Lipinski definition) is 0. The summed E-state index contributed by atoms with van der Waals surface area (Å²) in [6.45, 7) is 4.78. The first-order valence-electron chi connectivity index (χ1n) is 37.6. The van der Waals surface area contributed by atoms with Crippen LogP contribution in [0.25, 0.3) is 132 Å². The van der Waals surface area contributed by atoms with Gasteiger partial charge in [-0.05, 0) is 295 Å². The Balaban J connectivity index is 0.000000127. The van der Waals surface area contributed by atoms with Gasteiger partial charge in [-0.15, -0.1) is 0 Å². The highest BCUT2D eigenvalue weighted by Crippen LogP contribution is 2.72. The van der Waals surface area contributed by atoms with Crippen LogP contribution in [0.15, 0.2) is 279 Å². The first-order chi connectivity index (χ1) is 48.8. The number of fused-ring (bicyclic) bond motifs is 13. The average molecular weight is 1270 g/mol. The molecule has 11 aliphatic carbocycles. The Bertz CT molecular complexity index is 5580. The highest BCUT2D eigenvalue weighted by molar-refractivity contribution is 6.24. The second-order valence-corrected chi connectivity index (χ2v) is 32.5. The third-order valence-electron chi connectivity index (χ3n) is 27.7. The van der Waals surface area contributed by atoms with E-state index in [1.54, 1.807) is 22.3 Å². The van der Waals surface area contributed by atoms with Gasteiger partial charge in [0.1, 0.15) is 0 Å². The van der Waals surface area contributed by atoms with Gasteiger partial charge < -0.3 is 0 Å². The maximum Gasteiger partial charge on any atom is 0.0272 e. The molecule has 0 heterocycles. The molecule has 476 valence electrons. The Morgan fingerprint density at radius 1 is 0.202 bits per heavy atom. The molecule has 0 unspecified atom stereocenters. The third kappa shape index (κ3) is 7.82. The topological polar surface area (TPSA) is 0 Å². The highest BCUT2D eigenvalue weighted by atomic mass is 14.7. The smallest absolute Gasteiger partial charge is 0.0272 e. The van der Waals surface area contributed by atoms with E-state index in [0.29, 0.717) is 0 Å². The predicted molar refractivity (Wildman–Crippen MR) is 414 cm³/mol. The first kappa shape index (κ1) is 57.1. The van der Waals surface area contributed by atoms with Crippen molar-refractivity contribution < 1.29 is 0 Å². The van der Waals surface area contributed by atoms with Gasteiger partial charge in [0.15, 0.2) is 0 Å². The number of hydrogen-bond acceptors (Lipinski definition) is 0. The van der Waals surface area contributed by atoms with Crippen LogP contribution in [0.5, 0.6) is 0 Å². The predicted octanol–water partition coefficient (Wildman–Crippen LogP) is 26.1. The maximum absolute atomic E-state index is 2.68. The van der Waals surface area contributed by atoms with Crippen LogP contribution in [-0.2, 0) is 16.2 Å². The van der Waals surface area contributed by atoms with Gasteiger partial charge in [-0.3, -0.25) is 0 Å². The minimum Gasteiger partial charge on any atom is -0.0622 e. The molecular formula is C99H80. The molecule has 0 N–H and O–H groups in total. The lowest BCUT2D eigenvalue weighted by Crippen LogP contribution is -2.55. The normalized spacial score (nSPS) is 25.2. The van der Waals surface area contributed by atoms with Crippen LogP contribution < -0.4 is 0 Å². The summed E-state index contributed by atoms with van der Waals surface area (Å²) in [4.78, 5) is 0. The molecule has 0 radical (unpaired) electrons. The molecule has 14 aromatic rings. The molecule has 0 nitrogen and oxygen atoms in total. The van der Waals surface area contributed by atoms with E-state index in [1.807, 2.05) is 0 Å². The fraction of sp³-hybridized carbons (Fsp3) is 0.232. The van der Waals surface area contributed by atoms with E-state index in [0.717, 1.165) is 47.3 Å². The van der Waals surface area contributed by atoms with E-state index in [9.17, 15) is 0 Å². The molecule has 8 saturated carbocycles. The zero-order valence-electron chi connectivity index (χ0n) is 56.7. The van der Waals surface area contributed by atoms with Gasteiger partial charge >= 0.3 is 0 Å². The Morgan fingerprint density at radius 2 is 0.475 bits per heavy atom. The molecule has 0 amide bonds. The standard InChI is InChI=1S/C51H42.C48H38/c1-50(2)44-17-9-7-11-36(44)38-21-19-32(28-46(38)50)48-40-13-3-5-15-42(40)49(43-16-6-4-14-41(43)48)33-20-22-39-37-12-8-10-18-45(37)51(47(39)29-33)34-24-30-23-31(26-34)27-35(51)25-30;1-2-12-32(13-3-1)36-14-4-5-16-39(36)47-42-19-8-6-17-40(42)46(41-18-7-9-20-43(41)47)33-22-23-38-37-15-10-11-21-44(37)48(45(38)29-33)34-25-30-24-31(27-34)28-35(48)26-30/h3-22,28-31,34-35H,23-27H2,1-2H3;1-23,29-31,34-35H,24-28H2. The lowest BCUT2D eigenvalue weighted by molar-refractivity contribution is -0.0399. The Morgan fingerprint density at radius 3 is 0.859 bits per heavy atom. The summed E-state index contributed by atoms with van der Waals surface area (Å²) in [7, 11) is 0. The van der Waals surface area contributed by atoms with Crippen molar-refractivity contribution in [1.82, 2.24) is 0 Å². The summed E-state index contributed by atoms with van der Waals surface area (Å²) in [6, 6.07) is 107. The Labute approximate surface area is 582 Å². The van der Waals surface area contributed by atoms with E-state index in [-0.39, 0.29) is 16.2 Å². The van der Waals surface area contributed by atoms with Crippen molar-refractivity contribution in [3.05, 3.63) is 312 Å². The molecular weight excluding hydrogens is 1190 g/mol. The third-order valence-corrected chi connectivity index (χ3v) is 27.7. The molecule has 11 aliphatic rings. The van der Waals surface area contributed by atoms with E-state index in [4.69, 9.17) is 0 Å². The van der Waals surface area contributed by atoms with Crippen LogP contribution in [0.1, 0.15) is 111 Å². The molecule has 99 heavy (non-hydrogen) atoms. The largest absolute Gasteiger partial charge is 0.0622 e. The second kappa shape index (κ2) is 21.1. The van der Waals surface area contributed by atoms with Crippen LogP contribution in [0.3, 0.4) is 0 Å². The van der Waals surface area contributed by atoms with Gasteiger partial charge in [0.25, 0.3) is 0 Å². The van der Waals surface area contributed by atoms with Gasteiger partial charge in [0, 0.05) is 16.2 Å². The molecule has 0 heteroatoms. The fourth-order valence-electron chi connectivity index (χ4n) is 24.5. The molecule has 0 aromatic heterocycles. The molecule has 2 spiro atoms. The monoisotopic (exact) mass is 1270 g/mol. The van der Waals surface area contributed by atoms with E-state index in [2.05, 4.69) is 293 Å². The summed E-state index contributed by atoms with van der Waals surface area (Å²) in [5, 5.41) is 10.7. The van der Waals surface area contributed by atoms with Crippen molar-refractivity contribution in [3.8, 4) is 89.0 Å². The molecule has 8 fully saturated rings. The number of rotatable bonds is 5. The molecule has 14 aromatic carbocycles. The van der Waals surface area contributed by atoms with E-state index >= 15 is 0 Å². The fourth-order valence-corrected chi connectivity index (χ4v) is 24.5. The minimum absolute atomic E-state index is 0.0383. The molecule has 8 bridgehead atoms. The van der Waals surface area contributed by atoms with Gasteiger partial charge in [-0.25, -0.2) is 0 Å². The van der Waals surface area contributed by atoms with E-state index in [1.165, 1.54) is 207 Å². The molecule has 0 saturated heterocycles. The van der Waals surface area contributed by atoms with Gasteiger partial charge in [0.05, 0.1) is 0 Å². The minimum atomic E-state index is -0.0383. The van der Waals surface area contributed by atoms with Crippen LogP contribution in [-0.4, -0.2) is 0 Å². The van der Waals surface area contributed by atoms with Crippen molar-refractivity contribution in [3.63, 3.8) is 0 Å². The van der Waals surface area contributed by atoms with Crippen molar-refractivity contribution in [2.45, 2.75) is 94.3 Å². The molecule has 25 rings (SSSR count). The molecule has 0 atom stereocenters. The lowest BCUT2D eigenvalue weighted by atomic mass is 9.43. The van der Waals surface area contributed by atoms with Gasteiger partial charge in [-0.2, -0.15) is 0 Å². The quantitative estimate of drug-likeness (QED) is 0.151. The van der Waals surface area contributed by atoms with Gasteiger partial charge in [0.2, 0.25) is 0 Å². The lowest BCUT2D eigenvalue weighted by Gasteiger charge is -2.61. The van der Waals surface area contributed by atoms with Gasteiger partial charge in [-0.1, -0.05) is 275 Å². The van der Waals surface area contributed by atoms with Crippen molar-refractivity contribution in [1.29, 1.82) is 0 Å². The highest BCUT2D eigenvalue weighted by Gasteiger charge is 2.63. The zero-order chi connectivity index (χ0) is 65.0. The SMILES string of the molecule is CC1(C)c2ccccc2-c2ccc(-c3c4ccccc4c(-c4ccc5c(c4)C4(c6ccccc6-5)C5CC6CC(C5)CC4C6)c4ccccc34)cc21.c1ccc(-c2ccccc2-c2c3ccccc3c(-c3ccc4c(c3)C3(c5ccccc5-4)C4CC5CC(C4)CC3C5)c3ccccc23)cc1. The summed E-state index contributed by atoms with van der Waals surface area (Å²) in [5.74, 6) is 6.81. The Kier molecular flexibility index (Phi) is 12.2. The summed E-state index contributed by atoms with van der Waals surface area (Å²) in [5.41, 5.74) is 31.7. The van der Waals surface area contributed by atoms with Crippen LogP contribution in [0, 0.1) is 47.3 Å². The van der Waals surface area contributed by atoms with Crippen LogP contribution in [0.2, 0.25) is 0 Å². The first-order valence-corrected chi connectivity index (χ1v) is 37.6. The van der Waals surface area contributed by atoms with Crippen molar-refractivity contribution in [2.24, 2.45) is 47.3 Å². The number of benzene rings is 14. The molecule has 0 aliphatic heterocycles. The zero-order valence-corrected chi connectivity index (χ0v) is 56.7. The van der Waals surface area contributed by atoms with Crippen LogP contribution in [0.4, 0.5) is 0 Å². The summed E-state index contributed by atoms with van der Waals surface area (Å²) in [6.07, 6.45) is 14.2. The summed E-state index contributed by atoms with van der Waals surface area (Å²) >= 11 is 0. The van der Waals surface area contributed by atoms with Crippen LogP contribution >= 0.6 is 0 Å². The maximum atomic E-state index is 2.68.